The highest BCUT2D eigenvalue weighted by Crippen LogP contribution is 2.36. The summed E-state index contributed by atoms with van der Waals surface area (Å²) >= 11 is 6.12. The summed E-state index contributed by atoms with van der Waals surface area (Å²) in [6, 6.07) is 5.65. The lowest BCUT2D eigenvalue weighted by Gasteiger charge is -2.35. The van der Waals surface area contributed by atoms with Gasteiger partial charge in [0.05, 0.1) is 0 Å². The van der Waals surface area contributed by atoms with E-state index in [1.807, 2.05) is 25.1 Å². The average molecular weight is 266 g/mol. The Hall–Kier alpha value is -0.860. The number of hydrogen-bond donors (Lipinski definition) is 1. The molecule has 98 valence electrons. The number of benzene rings is 1. The number of carbonyl (C=O) groups is 1. The monoisotopic (exact) mass is 265 g/mol. The largest absolute Gasteiger partial charge is 0.317 e. The van der Waals surface area contributed by atoms with Gasteiger partial charge in [-0.05, 0) is 50.9 Å². The molecule has 0 atom stereocenters. The summed E-state index contributed by atoms with van der Waals surface area (Å²) in [5, 5.41) is 4.00. The number of carbonyl (C=O) groups excluding carboxylic acids is 1. The van der Waals surface area contributed by atoms with Gasteiger partial charge in [-0.2, -0.15) is 0 Å². The fourth-order valence-corrected chi connectivity index (χ4v) is 2.87. The van der Waals surface area contributed by atoms with Crippen molar-refractivity contribution in [2.75, 3.05) is 13.1 Å². The Morgan fingerprint density at radius 3 is 2.61 bits per heavy atom. The number of ketones is 1. The van der Waals surface area contributed by atoms with Crippen molar-refractivity contribution in [3.8, 4) is 0 Å². The fourth-order valence-electron chi connectivity index (χ4n) is 2.69. The van der Waals surface area contributed by atoms with Crippen LogP contribution in [0.4, 0.5) is 0 Å². The third kappa shape index (κ3) is 2.45. The number of rotatable bonds is 3. The van der Waals surface area contributed by atoms with E-state index in [0.29, 0.717) is 5.02 Å². The number of Topliss-reactive ketones (excluding diaryl/α,β-unsaturated/α-hetero) is 1. The second kappa shape index (κ2) is 5.41. The summed E-state index contributed by atoms with van der Waals surface area (Å²) in [7, 11) is 0. The van der Waals surface area contributed by atoms with E-state index in [1.165, 1.54) is 0 Å². The van der Waals surface area contributed by atoms with Crippen LogP contribution in [0.25, 0.3) is 0 Å². The highest BCUT2D eigenvalue weighted by Gasteiger charge is 2.38. The van der Waals surface area contributed by atoms with Gasteiger partial charge in [0, 0.05) is 16.0 Å². The van der Waals surface area contributed by atoms with Crippen LogP contribution < -0.4 is 5.32 Å². The summed E-state index contributed by atoms with van der Waals surface area (Å²) in [5.41, 5.74) is 1.59. The zero-order chi connectivity index (χ0) is 13.2. The number of aryl methyl sites for hydroxylation is 1. The zero-order valence-corrected chi connectivity index (χ0v) is 11.8. The van der Waals surface area contributed by atoms with Gasteiger partial charge in [-0.1, -0.05) is 30.7 Å². The van der Waals surface area contributed by atoms with Gasteiger partial charge in [0.15, 0.2) is 5.78 Å². The minimum absolute atomic E-state index is 0.191. The average Bonchev–Trinajstić information content (AvgIpc) is 2.42. The second-order valence-corrected chi connectivity index (χ2v) is 5.58. The molecule has 0 radical (unpaired) electrons. The smallest absolute Gasteiger partial charge is 0.169 e. The van der Waals surface area contributed by atoms with Crippen LogP contribution in [0.1, 0.15) is 42.1 Å². The summed E-state index contributed by atoms with van der Waals surface area (Å²) in [5.74, 6) is 0.258. The molecule has 1 aliphatic rings. The van der Waals surface area contributed by atoms with Crippen LogP contribution in [0.2, 0.25) is 5.02 Å². The van der Waals surface area contributed by atoms with Crippen LogP contribution in [-0.2, 0) is 0 Å². The Labute approximate surface area is 114 Å². The van der Waals surface area contributed by atoms with Crippen molar-refractivity contribution in [1.29, 1.82) is 0 Å². The van der Waals surface area contributed by atoms with Crippen molar-refractivity contribution < 1.29 is 4.79 Å². The minimum atomic E-state index is -0.191. The zero-order valence-electron chi connectivity index (χ0n) is 11.1. The highest BCUT2D eigenvalue weighted by molar-refractivity contribution is 6.31. The molecule has 1 heterocycles. The Morgan fingerprint density at radius 1 is 1.39 bits per heavy atom. The molecule has 3 heteroatoms. The van der Waals surface area contributed by atoms with Gasteiger partial charge in [0.2, 0.25) is 0 Å². The van der Waals surface area contributed by atoms with Crippen LogP contribution in [0.5, 0.6) is 0 Å². The third-order valence-electron chi connectivity index (χ3n) is 4.15. The van der Waals surface area contributed by atoms with Crippen LogP contribution in [0, 0.1) is 12.3 Å². The molecule has 1 saturated heterocycles. The first-order valence-corrected chi connectivity index (χ1v) is 6.98. The standard InChI is InChI=1S/C15H20ClNO/c1-3-15(6-8-17-9-7-15)14(18)12-5-4-11(2)13(16)10-12/h4-5,10,17H,3,6-9H2,1-2H3. The first-order chi connectivity index (χ1) is 8.59. The highest BCUT2D eigenvalue weighted by atomic mass is 35.5. The Bertz CT molecular complexity index is 450. The van der Waals surface area contributed by atoms with Crippen molar-refractivity contribution in [3.05, 3.63) is 34.3 Å². The van der Waals surface area contributed by atoms with Crippen molar-refractivity contribution in [1.82, 2.24) is 5.32 Å². The summed E-state index contributed by atoms with van der Waals surface area (Å²) in [6.45, 7) is 5.92. The predicted molar refractivity (Wildman–Crippen MR) is 75.3 cm³/mol. The van der Waals surface area contributed by atoms with E-state index in [4.69, 9.17) is 11.6 Å². The summed E-state index contributed by atoms with van der Waals surface area (Å²) in [6.07, 6.45) is 2.75. The van der Waals surface area contributed by atoms with E-state index in [1.54, 1.807) is 0 Å². The maximum atomic E-state index is 12.7. The third-order valence-corrected chi connectivity index (χ3v) is 4.56. The lowest BCUT2D eigenvalue weighted by atomic mass is 9.71. The molecule has 1 fully saturated rings. The first kappa shape index (κ1) is 13.6. The molecule has 1 N–H and O–H groups in total. The lowest BCUT2D eigenvalue weighted by molar-refractivity contribution is 0.0717. The summed E-state index contributed by atoms with van der Waals surface area (Å²) in [4.78, 5) is 12.7. The van der Waals surface area contributed by atoms with Crippen molar-refractivity contribution in [2.45, 2.75) is 33.1 Å². The molecule has 1 aromatic rings. The molecule has 2 nitrogen and oxygen atoms in total. The normalized spacial score (nSPS) is 18.6. The molecule has 0 aliphatic carbocycles. The van der Waals surface area contributed by atoms with Crippen molar-refractivity contribution in [2.24, 2.45) is 5.41 Å². The van der Waals surface area contributed by atoms with Crippen molar-refractivity contribution in [3.63, 3.8) is 0 Å². The molecule has 0 aromatic heterocycles. The number of nitrogens with one attached hydrogen (secondary N) is 1. The molecule has 0 saturated carbocycles. The predicted octanol–water partition coefficient (Wildman–Crippen LogP) is 3.61. The SMILES string of the molecule is CCC1(C(=O)c2ccc(C)c(Cl)c2)CCNCC1. The quantitative estimate of drug-likeness (QED) is 0.846. The molecule has 2 rings (SSSR count). The number of hydrogen-bond acceptors (Lipinski definition) is 2. The van der Waals surface area contributed by atoms with Gasteiger partial charge in [0.25, 0.3) is 0 Å². The Kier molecular flexibility index (Phi) is 4.08. The molecule has 18 heavy (non-hydrogen) atoms. The molecule has 0 bridgehead atoms. The first-order valence-electron chi connectivity index (χ1n) is 6.61. The fraction of sp³-hybridized carbons (Fsp3) is 0.533. The van der Waals surface area contributed by atoms with Crippen molar-refractivity contribution >= 4 is 17.4 Å². The lowest BCUT2D eigenvalue weighted by Crippen LogP contribution is -2.41. The van der Waals surface area contributed by atoms with E-state index >= 15 is 0 Å². The van der Waals surface area contributed by atoms with E-state index in [-0.39, 0.29) is 11.2 Å². The minimum Gasteiger partial charge on any atom is -0.317 e. The Balaban J connectivity index is 2.30. The van der Waals surface area contributed by atoms with E-state index in [0.717, 1.165) is 43.5 Å². The van der Waals surface area contributed by atoms with E-state index < -0.39 is 0 Å². The van der Waals surface area contributed by atoms with Crippen LogP contribution in [0.3, 0.4) is 0 Å². The molecular weight excluding hydrogens is 246 g/mol. The van der Waals surface area contributed by atoms with Gasteiger partial charge in [-0.25, -0.2) is 0 Å². The van der Waals surface area contributed by atoms with Gasteiger partial charge in [-0.15, -0.1) is 0 Å². The van der Waals surface area contributed by atoms with Crippen LogP contribution >= 0.6 is 11.6 Å². The van der Waals surface area contributed by atoms with Crippen LogP contribution in [-0.4, -0.2) is 18.9 Å². The Morgan fingerprint density at radius 2 is 2.06 bits per heavy atom. The van der Waals surface area contributed by atoms with E-state index in [2.05, 4.69) is 12.2 Å². The van der Waals surface area contributed by atoms with Gasteiger partial charge in [0.1, 0.15) is 0 Å². The molecular formula is C15H20ClNO. The molecule has 0 amide bonds. The van der Waals surface area contributed by atoms with E-state index in [9.17, 15) is 4.79 Å². The topological polar surface area (TPSA) is 29.1 Å². The second-order valence-electron chi connectivity index (χ2n) is 5.18. The molecule has 1 aliphatic heterocycles. The molecule has 0 spiro atoms. The maximum absolute atomic E-state index is 12.7. The summed E-state index contributed by atoms with van der Waals surface area (Å²) < 4.78 is 0. The van der Waals surface area contributed by atoms with Crippen LogP contribution in [0.15, 0.2) is 18.2 Å². The van der Waals surface area contributed by atoms with Gasteiger partial charge in [-0.3, -0.25) is 4.79 Å². The molecule has 0 unspecified atom stereocenters. The van der Waals surface area contributed by atoms with Gasteiger partial charge < -0.3 is 5.32 Å². The maximum Gasteiger partial charge on any atom is 0.169 e. The molecule has 1 aromatic carbocycles. The number of piperidine rings is 1. The van der Waals surface area contributed by atoms with Gasteiger partial charge >= 0.3 is 0 Å². The number of halogens is 1.